The summed E-state index contributed by atoms with van der Waals surface area (Å²) in [7, 11) is -3.09. The lowest BCUT2D eigenvalue weighted by atomic mass is 10.2. The van der Waals surface area contributed by atoms with Gasteiger partial charge in [0.25, 0.3) is 0 Å². The minimum Gasteiger partial charge on any atom is -0.444 e. The summed E-state index contributed by atoms with van der Waals surface area (Å²) < 4.78 is 31.4. The molecule has 2 rings (SSSR count). The highest BCUT2D eigenvalue weighted by molar-refractivity contribution is 7.90. The molecule has 0 aromatic carbocycles. The zero-order valence-electron chi connectivity index (χ0n) is 13.7. The highest BCUT2D eigenvalue weighted by atomic mass is 32.2. The SMILES string of the molecule is CC(C)(C)OC(=O)N1CCN(CCNS(=O)(=O)C2CC2)CC1. The lowest BCUT2D eigenvalue weighted by Gasteiger charge is -2.35. The molecule has 0 bridgehead atoms. The predicted octanol–water partition coefficient (Wildman–Crippen LogP) is 0.621. The van der Waals surface area contributed by atoms with E-state index < -0.39 is 15.6 Å². The molecule has 0 aromatic rings. The fraction of sp³-hybridized carbons (Fsp3) is 0.929. The van der Waals surface area contributed by atoms with Crippen LogP contribution in [0, 0.1) is 0 Å². The number of sulfonamides is 1. The van der Waals surface area contributed by atoms with Crippen LogP contribution in [0.15, 0.2) is 0 Å². The Morgan fingerprint density at radius 1 is 1.18 bits per heavy atom. The standard InChI is InChI=1S/C14H27N3O4S/c1-14(2,3)21-13(18)17-10-8-16(9-11-17)7-6-15-22(19,20)12-4-5-12/h12,15H,4-11H2,1-3H3. The first kappa shape index (κ1) is 17.5. The van der Waals surface area contributed by atoms with E-state index in [1.807, 2.05) is 20.8 Å². The molecule has 0 atom stereocenters. The molecule has 2 aliphatic rings. The van der Waals surface area contributed by atoms with Crippen molar-refractivity contribution in [3.8, 4) is 0 Å². The van der Waals surface area contributed by atoms with Crippen molar-refractivity contribution in [2.24, 2.45) is 0 Å². The Bertz CT molecular complexity index is 489. The number of amides is 1. The molecule has 1 aliphatic carbocycles. The molecule has 1 aliphatic heterocycles. The molecule has 2 fully saturated rings. The number of piperazine rings is 1. The molecular weight excluding hydrogens is 306 g/mol. The van der Waals surface area contributed by atoms with Crippen molar-refractivity contribution in [1.29, 1.82) is 0 Å². The molecule has 0 aromatic heterocycles. The Balaban J connectivity index is 1.65. The van der Waals surface area contributed by atoms with Crippen molar-refractivity contribution in [3.05, 3.63) is 0 Å². The van der Waals surface area contributed by atoms with Gasteiger partial charge in [-0.1, -0.05) is 0 Å². The first-order chi connectivity index (χ1) is 10.2. The fourth-order valence-corrected chi connectivity index (χ4v) is 3.69. The molecular formula is C14H27N3O4S. The van der Waals surface area contributed by atoms with Gasteiger partial charge in [0, 0.05) is 39.3 Å². The van der Waals surface area contributed by atoms with E-state index in [4.69, 9.17) is 4.74 Å². The molecule has 0 radical (unpaired) electrons. The second-order valence-electron chi connectivity index (χ2n) is 6.95. The molecule has 0 spiro atoms. The van der Waals surface area contributed by atoms with Gasteiger partial charge in [0.05, 0.1) is 5.25 Å². The summed E-state index contributed by atoms with van der Waals surface area (Å²) in [5.74, 6) is 0. The van der Waals surface area contributed by atoms with E-state index in [1.165, 1.54) is 0 Å². The zero-order valence-corrected chi connectivity index (χ0v) is 14.5. The molecule has 8 heteroatoms. The summed E-state index contributed by atoms with van der Waals surface area (Å²) in [4.78, 5) is 15.8. The second kappa shape index (κ2) is 6.72. The van der Waals surface area contributed by atoms with Crippen LogP contribution < -0.4 is 4.72 Å². The summed E-state index contributed by atoms with van der Waals surface area (Å²) in [5, 5.41) is -0.170. The zero-order chi connectivity index (χ0) is 16.4. The first-order valence-electron chi connectivity index (χ1n) is 7.86. The van der Waals surface area contributed by atoms with Gasteiger partial charge in [0.2, 0.25) is 10.0 Å². The second-order valence-corrected chi connectivity index (χ2v) is 8.99. The van der Waals surface area contributed by atoms with Gasteiger partial charge in [-0.05, 0) is 33.6 Å². The fourth-order valence-electron chi connectivity index (χ4n) is 2.32. The minimum atomic E-state index is -3.09. The Kier molecular flexibility index (Phi) is 5.34. The number of carbonyl (C=O) groups is 1. The average molecular weight is 333 g/mol. The van der Waals surface area contributed by atoms with Crippen molar-refractivity contribution in [3.63, 3.8) is 0 Å². The molecule has 1 saturated heterocycles. The Labute approximate surface area is 133 Å². The summed E-state index contributed by atoms with van der Waals surface area (Å²) in [6.45, 7) is 9.39. The molecule has 7 nitrogen and oxygen atoms in total. The number of hydrogen-bond acceptors (Lipinski definition) is 5. The number of carbonyl (C=O) groups excluding carboxylic acids is 1. The predicted molar refractivity (Wildman–Crippen MR) is 84.2 cm³/mol. The molecule has 128 valence electrons. The van der Waals surface area contributed by atoms with E-state index >= 15 is 0 Å². The van der Waals surface area contributed by atoms with Crippen LogP contribution >= 0.6 is 0 Å². The van der Waals surface area contributed by atoms with Gasteiger partial charge in [-0.15, -0.1) is 0 Å². The van der Waals surface area contributed by atoms with Crippen LogP contribution in [0.3, 0.4) is 0 Å². The Hall–Kier alpha value is -0.860. The molecule has 22 heavy (non-hydrogen) atoms. The van der Waals surface area contributed by atoms with Crippen LogP contribution in [0.1, 0.15) is 33.6 Å². The van der Waals surface area contributed by atoms with E-state index in [2.05, 4.69) is 9.62 Å². The normalized spacial score (nSPS) is 21.0. The van der Waals surface area contributed by atoms with Gasteiger partial charge in [-0.3, -0.25) is 4.90 Å². The summed E-state index contributed by atoms with van der Waals surface area (Å²) in [5.41, 5.74) is -0.477. The van der Waals surface area contributed by atoms with Crippen LogP contribution in [-0.4, -0.2) is 74.4 Å². The lowest BCUT2D eigenvalue weighted by molar-refractivity contribution is 0.0147. The first-order valence-corrected chi connectivity index (χ1v) is 9.41. The molecule has 1 heterocycles. The van der Waals surface area contributed by atoms with Gasteiger partial charge in [-0.25, -0.2) is 17.9 Å². The van der Waals surface area contributed by atoms with Crippen molar-refractivity contribution in [2.75, 3.05) is 39.3 Å². The molecule has 1 amide bonds. The van der Waals surface area contributed by atoms with Gasteiger partial charge in [0.1, 0.15) is 5.60 Å². The minimum absolute atomic E-state index is 0.170. The monoisotopic (exact) mass is 333 g/mol. The summed E-state index contributed by atoms with van der Waals surface area (Å²) >= 11 is 0. The molecule has 1 N–H and O–H groups in total. The van der Waals surface area contributed by atoms with Gasteiger partial charge < -0.3 is 9.64 Å². The summed E-state index contributed by atoms with van der Waals surface area (Å²) in [6.07, 6.45) is 1.29. The average Bonchev–Trinajstić information content (AvgIpc) is 3.21. The van der Waals surface area contributed by atoms with Crippen LogP contribution in [0.4, 0.5) is 4.79 Å². The van der Waals surface area contributed by atoms with Crippen LogP contribution in [-0.2, 0) is 14.8 Å². The molecule has 0 unspecified atom stereocenters. The largest absolute Gasteiger partial charge is 0.444 e. The van der Waals surface area contributed by atoms with E-state index in [9.17, 15) is 13.2 Å². The topological polar surface area (TPSA) is 79.0 Å². The van der Waals surface area contributed by atoms with Crippen molar-refractivity contribution >= 4 is 16.1 Å². The highest BCUT2D eigenvalue weighted by Crippen LogP contribution is 2.27. The Morgan fingerprint density at radius 3 is 2.27 bits per heavy atom. The maximum absolute atomic E-state index is 11.9. The van der Waals surface area contributed by atoms with E-state index in [0.717, 1.165) is 25.9 Å². The molecule has 1 saturated carbocycles. The van der Waals surface area contributed by atoms with Crippen LogP contribution in [0.2, 0.25) is 0 Å². The van der Waals surface area contributed by atoms with E-state index in [0.29, 0.717) is 26.2 Å². The summed E-state index contributed by atoms with van der Waals surface area (Å²) in [6, 6.07) is 0. The van der Waals surface area contributed by atoms with Gasteiger partial charge in [0.15, 0.2) is 0 Å². The van der Waals surface area contributed by atoms with Crippen LogP contribution in [0.5, 0.6) is 0 Å². The van der Waals surface area contributed by atoms with Crippen molar-refractivity contribution in [2.45, 2.75) is 44.5 Å². The third-order valence-corrected chi connectivity index (χ3v) is 5.67. The van der Waals surface area contributed by atoms with E-state index in [1.54, 1.807) is 4.90 Å². The highest BCUT2D eigenvalue weighted by Gasteiger charge is 2.35. The number of hydrogen-bond donors (Lipinski definition) is 1. The smallest absolute Gasteiger partial charge is 0.410 e. The maximum atomic E-state index is 11.9. The maximum Gasteiger partial charge on any atom is 0.410 e. The lowest BCUT2D eigenvalue weighted by Crippen LogP contribution is -2.51. The Morgan fingerprint density at radius 2 is 1.77 bits per heavy atom. The number of nitrogens with one attached hydrogen (secondary N) is 1. The third kappa shape index (κ3) is 5.40. The quantitative estimate of drug-likeness (QED) is 0.798. The number of rotatable bonds is 5. The van der Waals surface area contributed by atoms with Gasteiger partial charge >= 0.3 is 6.09 Å². The van der Waals surface area contributed by atoms with Gasteiger partial charge in [-0.2, -0.15) is 0 Å². The number of ether oxygens (including phenoxy) is 1. The number of nitrogens with zero attached hydrogens (tertiary/aromatic N) is 2. The van der Waals surface area contributed by atoms with E-state index in [-0.39, 0.29) is 11.3 Å². The third-order valence-electron chi connectivity index (χ3n) is 3.72. The van der Waals surface area contributed by atoms with Crippen molar-refractivity contribution < 1.29 is 17.9 Å². The van der Waals surface area contributed by atoms with Crippen molar-refractivity contribution in [1.82, 2.24) is 14.5 Å². The van der Waals surface area contributed by atoms with Crippen LogP contribution in [0.25, 0.3) is 0 Å².